The molecule has 192 valence electrons. The number of benzene rings is 1. The third kappa shape index (κ3) is 5.97. The molecule has 0 aliphatic carbocycles. The highest BCUT2D eigenvalue weighted by molar-refractivity contribution is 6.04. The van der Waals surface area contributed by atoms with E-state index in [1.165, 1.54) is 25.2 Å². The van der Waals surface area contributed by atoms with Gasteiger partial charge < -0.3 is 9.47 Å². The van der Waals surface area contributed by atoms with Crippen LogP contribution in [-0.2, 0) is 12.8 Å². The first kappa shape index (κ1) is 26.6. The highest BCUT2D eigenvalue weighted by Crippen LogP contribution is 2.33. The first-order chi connectivity index (χ1) is 17.3. The lowest BCUT2D eigenvalue weighted by Gasteiger charge is -2.28. The lowest BCUT2D eigenvalue weighted by Crippen LogP contribution is -2.45. The Morgan fingerprint density at radius 3 is 2.75 bits per heavy atom. The Hall–Kier alpha value is -4.01. The number of hydrogen-bond donors (Lipinski definition) is 1. The number of rotatable bonds is 8. The number of hydrogen-bond acceptors (Lipinski definition) is 6. The number of anilines is 1. The molecule has 0 spiro atoms. The molecule has 1 aromatic heterocycles. The van der Waals surface area contributed by atoms with Gasteiger partial charge in [-0.2, -0.15) is 0 Å². The minimum absolute atomic E-state index is 0. The molecule has 9 heteroatoms. The minimum Gasteiger partial charge on any atom is -0.496 e. The number of aldehydes is 1. The van der Waals surface area contributed by atoms with Crippen molar-refractivity contribution >= 4 is 24.0 Å². The van der Waals surface area contributed by atoms with E-state index in [-0.39, 0.29) is 18.9 Å². The largest absolute Gasteiger partial charge is 0.496 e. The molecule has 0 radical (unpaired) electrons. The van der Waals surface area contributed by atoms with E-state index in [0.717, 1.165) is 24.0 Å². The molecule has 0 atom stereocenters. The Balaban J connectivity index is 0.00000481. The third-order valence-corrected chi connectivity index (χ3v) is 6.07. The maximum Gasteiger partial charge on any atom is 0.328 e. The molecule has 8 nitrogen and oxygen atoms in total. The number of urea groups is 1. The average molecular weight is 497 g/mol. The Bertz CT molecular complexity index is 1200. The number of carbonyl (C=O) groups is 2. The summed E-state index contributed by atoms with van der Waals surface area (Å²) in [5.74, 6) is 1.13. The maximum atomic E-state index is 14.9. The van der Waals surface area contributed by atoms with Crippen LogP contribution in [-0.4, -0.2) is 43.9 Å². The summed E-state index contributed by atoms with van der Waals surface area (Å²) in [7, 11) is 2.95. The topological polar surface area (TPSA) is 93.1 Å². The van der Waals surface area contributed by atoms with E-state index < -0.39 is 5.82 Å². The van der Waals surface area contributed by atoms with Crippen LogP contribution in [0.15, 0.2) is 47.6 Å². The fourth-order valence-electron chi connectivity index (χ4n) is 4.05. The number of ether oxygens (including phenoxy) is 2. The number of amides is 2. The van der Waals surface area contributed by atoms with Gasteiger partial charge in [0.05, 0.1) is 14.2 Å². The second-order valence-electron chi connectivity index (χ2n) is 8.34. The zero-order valence-electron chi connectivity index (χ0n) is 21.1. The van der Waals surface area contributed by atoms with Crippen molar-refractivity contribution in [2.24, 2.45) is 4.99 Å². The quantitative estimate of drug-likeness (QED) is 0.235. The number of fused-ring (bicyclic) bond motifs is 1. The van der Waals surface area contributed by atoms with Crippen LogP contribution in [0.2, 0.25) is 0 Å². The SMILES string of the molecule is C=C/C(=C\N=C(C)NC(=O)N1CCCc2ccc(C=O)nc21)CCc1c(C)c(OC)cc(OC)c1F.[HH]. The predicted molar refractivity (Wildman–Crippen MR) is 140 cm³/mol. The van der Waals surface area contributed by atoms with Crippen molar-refractivity contribution in [3.63, 3.8) is 0 Å². The average Bonchev–Trinajstić information content (AvgIpc) is 2.89. The maximum absolute atomic E-state index is 14.9. The number of methoxy groups -OCH3 is 2. The highest BCUT2D eigenvalue weighted by Gasteiger charge is 2.24. The van der Waals surface area contributed by atoms with Crippen LogP contribution in [0.1, 0.15) is 48.4 Å². The molecule has 1 aliphatic rings. The van der Waals surface area contributed by atoms with Crippen LogP contribution in [0.4, 0.5) is 15.0 Å². The molecule has 0 fully saturated rings. The lowest BCUT2D eigenvalue weighted by molar-refractivity contribution is 0.111. The number of pyridine rings is 1. The first-order valence-electron chi connectivity index (χ1n) is 11.6. The number of allylic oxidation sites excluding steroid dienone is 2. The number of halogens is 1. The summed E-state index contributed by atoms with van der Waals surface area (Å²) < 4.78 is 25.3. The predicted octanol–water partition coefficient (Wildman–Crippen LogP) is 5.19. The number of nitrogens with one attached hydrogen (secondary N) is 1. The number of aryl methyl sites for hydroxylation is 1. The van der Waals surface area contributed by atoms with Crippen molar-refractivity contribution in [3.05, 3.63) is 70.8 Å². The van der Waals surface area contributed by atoms with Gasteiger partial charge >= 0.3 is 6.03 Å². The van der Waals surface area contributed by atoms with E-state index in [9.17, 15) is 14.0 Å². The third-order valence-electron chi connectivity index (χ3n) is 6.07. The van der Waals surface area contributed by atoms with E-state index in [1.54, 1.807) is 32.2 Å². The van der Waals surface area contributed by atoms with Crippen molar-refractivity contribution in [2.75, 3.05) is 25.7 Å². The number of amidine groups is 1. The Labute approximate surface area is 212 Å². The lowest BCUT2D eigenvalue weighted by atomic mass is 9.99. The summed E-state index contributed by atoms with van der Waals surface area (Å²) in [5.41, 5.74) is 3.17. The Kier molecular flexibility index (Phi) is 8.94. The highest BCUT2D eigenvalue weighted by atomic mass is 19.1. The summed E-state index contributed by atoms with van der Waals surface area (Å²) in [6, 6.07) is 4.64. The molecule has 2 heterocycles. The van der Waals surface area contributed by atoms with Gasteiger partial charge in [-0.3, -0.25) is 15.0 Å². The van der Waals surface area contributed by atoms with Crippen LogP contribution in [0, 0.1) is 12.7 Å². The number of carbonyl (C=O) groups excluding carboxylic acids is 2. The van der Waals surface area contributed by atoms with Crippen LogP contribution < -0.4 is 19.7 Å². The fraction of sp³-hybridized carbons (Fsp3) is 0.333. The van der Waals surface area contributed by atoms with Crippen LogP contribution >= 0.6 is 0 Å². The van der Waals surface area contributed by atoms with Crippen molar-refractivity contribution in [1.82, 2.24) is 10.3 Å². The zero-order valence-corrected chi connectivity index (χ0v) is 21.1. The van der Waals surface area contributed by atoms with E-state index in [0.29, 0.717) is 54.2 Å². The smallest absolute Gasteiger partial charge is 0.328 e. The van der Waals surface area contributed by atoms with Crippen LogP contribution in [0.3, 0.4) is 0 Å². The van der Waals surface area contributed by atoms with Gasteiger partial charge in [0.25, 0.3) is 0 Å². The second kappa shape index (κ2) is 12.1. The molecule has 2 aromatic rings. The molecular formula is C27H33FN4O4. The van der Waals surface area contributed by atoms with Gasteiger partial charge in [0.15, 0.2) is 17.9 Å². The normalized spacial score (nSPS) is 13.6. The molecular weight excluding hydrogens is 463 g/mol. The summed E-state index contributed by atoms with van der Waals surface area (Å²) >= 11 is 0. The van der Waals surface area contributed by atoms with Crippen molar-refractivity contribution in [1.29, 1.82) is 0 Å². The molecule has 3 rings (SSSR count). The fourth-order valence-corrected chi connectivity index (χ4v) is 4.05. The standard InChI is InChI=1S/C27H31FN4O4.H2/c1-6-19(9-12-22-17(2)23(35-4)14-24(36-5)25(22)28)15-29-18(3)30-27(34)32-13-7-8-20-10-11-21(16-33)31-26(20)32;/h6,10-11,14-16H,1,7-9,12-13H2,2-5H3,(H,29,30,34);1H/b19-15+;. The second-order valence-corrected chi connectivity index (χ2v) is 8.34. The number of aliphatic imine (C=N–C) groups is 1. The zero-order chi connectivity index (χ0) is 26.2. The van der Waals surface area contributed by atoms with Crippen LogP contribution in [0.5, 0.6) is 11.5 Å². The molecule has 1 aromatic carbocycles. The van der Waals surface area contributed by atoms with Crippen molar-refractivity contribution < 1.29 is 24.9 Å². The molecule has 0 unspecified atom stereocenters. The molecule has 0 bridgehead atoms. The molecule has 1 N–H and O–H groups in total. The van der Waals surface area contributed by atoms with Gasteiger partial charge in [-0.1, -0.05) is 18.7 Å². The molecule has 1 aliphatic heterocycles. The molecule has 36 heavy (non-hydrogen) atoms. The van der Waals surface area contributed by atoms with Gasteiger partial charge in [-0.05, 0) is 67.9 Å². The van der Waals surface area contributed by atoms with E-state index in [2.05, 4.69) is 21.9 Å². The summed E-state index contributed by atoms with van der Waals surface area (Å²) in [6.45, 7) is 7.79. The van der Waals surface area contributed by atoms with Gasteiger partial charge in [0.1, 0.15) is 23.1 Å². The van der Waals surface area contributed by atoms with Gasteiger partial charge in [0, 0.05) is 20.2 Å². The summed E-state index contributed by atoms with van der Waals surface area (Å²) in [4.78, 5) is 34.2. The van der Waals surface area contributed by atoms with Gasteiger partial charge in [-0.25, -0.2) is 19.2 Å². The monoisotopic (exact) mass is 496 g/mol. The molecule has 0 saturated carbocycles. The number of nitrogens with zero attached hydrogens (tertiary/aromatic N) is 3. The first-order valence-corrected chi connectivity index (χ1v) is 11.6. The van der Waals surface area contributed by atoms with E-state index in [1.807, 2.05) is 6.07 Å². The van der Waals surface area contributed by atoms with E-state index >= 15 is 0 Å². The minimum atomic E-state index is -0.417. The van der Waals surface area contributed by atoms with E-state index in [4.69, 9.17) is 9.47 Å². The molecule has 0 saturated heterocycles. The van der Waals surface area contributed by atoms with Crippen molar-refractivity contribution in [2.45, 2.75) is 39.5 Å². The molecule has 2 amide bonds. The van der Waals surface area contributed by atoms with Gasteiger partial charge in [-0.15, -0.1) is 0 Å². The van der Waals surface area contributed by atoms with Gasteiger partial charge in [0.2, 0.25) is 0 Å². The number of aromatic nitrogens is 1. The van der Waals surface area contributed by atoms with Crippen molar-refractivity contribution in [3.8, 4) is 11.5 Å². The summed E-state index contributed by atoms with van der Waals surface area (Å²) in [5, 5.41) is 2.77. The van der Waals surface area contributed by atoms with Crippen LogP contribution in [0.25, 0.3) is 0 Å². The Morgan fingerprint density at radius 1 is 1.33 bits per heavy atom. The Morgan fingerprint density at radius 2 is 2.08 bits per heavy atom. The summed E-state index contributed by atoms with van der Waals surface area (Å²) in [6.07, 6.45) is 6.36.